The molecule has 0 spiro atoms. The number of benzene rings is 1. The Bertz CT molecular complexity index is 1060. The van der Waals surface area contributed by atoms with Crippen LogP contribution in [0.1, 0.15) is 31.4 Å². The quantitative estimate of drug-likeness (QED) is 0.408. The number of piperidine rings is 3. The second kappa shape index (κ2) is 9.53. The van der Waals surface area contributed by atoms with Gasteiger partial charge in [0.25, 0.3) is 0 Å². The smallest absolute Gasteiger partial charge is 0.303 e. The minimum atomic E-state index is -0.450. The third-order valence-electron chi connectivity index (χ3n) is 6.51. The number of rotatable bonds is 7. The molecule has 4 unspecified atom stereocenters. The fourth-order valence-corrected chi connectivity index (χ4v) is 5.05. The van der Waals surface area contributed by atoms with Gasteiger partial charge in [-0.2, -0.15) is 0 Å². The number of amides is 1. The number of fused-ring (bicyclic) bond motifs is 4. The first kappa shape index (κ1) is 22.0. The third kappa shape index (κ3) is 4.67. The molecule has 3 aliphatic heterocycles. The SMILES string of the molecule is COc1ccc2nccc([C@H](OC(C)=O)C3CC4CCN3CC4/C=C\C=C\C(N)=O)c2c1. The molecular weight excluding hydrogens is 406 g/mol. The van der Waals surface area contributed by atoms with Crippen LogP contribution in [0.15, 0.2) is 54.8 Å². The summed E-state index contributed by atoms with van der Waals surface area (Å²) in [6, 6.07) is 7.82. The van der Waals surface area contributed by atoms with Gasteiger partial charge >= 0.3 is 5.97 Å². The minimum Gasteiger partial charge on any atom is -0.497 e. The van der Waals surface area contributed by atoms with Crippen LogP contribution in [0.25, 0.3) is 10.9 Å². The number of hydrogen-bond acceptors (Lipinski definition) is 6. The lowest BCUT2D eigenvalue weighted by Gasteiger charge is -2.51. The van der Waals surface area contributed by atoms with Gasteiger partial charge in [-0.1, -0.05) is 18.2 Å². The zero-order valence-electron chi connectivity index (χ0n) is 18.4. The highest BCUT2D eigenvalue weighted by Crippen LogP contribution is 2.43. The fraction of sp³-hybridized carbons (Fsp3) is 0.400. The number of hydrogen-bond donors (Lipinski definition) is 1. The van der Waals surface area contributed by atoms with Gasteiger partial charge < -0.3 is 15.2 Å². The van der Waals surface area contributed by atoms with Gasteiger partial charge in [-0.15, -0.1) is 0 Å². The van der Waals surface area contributed by atoms with E-state index in [1.54, 1.807) is 19.4 Å². The second-order valence-corrected chi connectivity index (χ2v) is 8.47. The highest BCUT2D eigenvalue weighted by Gasteiger charge is 2.44. The molecule has 2 bridgehead atoms. The first-order valence-corrected chi connectivity index (χ1v) is 10.9. The molecule has 5 atom stereocenters. The van der Waals surface area contributed by atoms with E-state index >= 15 is 0 Å². The van der Waals surface area contributed by atoms with Gasteiger partial charge in [0.05, 0.1) is 18.7 Å². The number of esters is 1. The Morgan fingerprint density at radius 3 is 2.81 bits per heavy atom. The fourth-order valence-electron chi connectivity index (χ4n) is 5.05. The zero-order chi connectivity index (χ0) is 22.7. The van der Waals surface area contributed by atoms with E-state index in [1.165, 1.54) is 13.0 Å². The number of nitrogens with zero attached hydrogens (tertiary/aromatic N) is 2. The van der Waals surface area contributed by atoms with Gasteiger partial charge in [0.15, 0.2) is 0 Å². The van der Waals surface area contributed by atoms with Gasteiger partial charge in [-0.3, -0.25) is 19.5 Å². The highest BCUT2D eigenvalue weighted by molar-refractivity contribution is 5.86. The molecule has 168 valence electrons. The number of ether oxygens (including phenoxy) is 2. The van der Waals surface area contributed by atoms with E-state index < -0.39 is 5.91 Å². The maximum absolute atomic E-state index is 12.1. The highest BCUT2D eigenvalue weighted by atomic mass is 16.5. The summed E-state index contributed by atoms with van der Waals surface area (Å²) in [6.45, 7) is 3.32. The van der Waals surface area contributed by atoms with Gasteiger partial charge in [-0.25, -0.2) is 0 Å². The van der Waals surface area contributed by atoms with Crippen molar-refractivity contribution in [3.8, 4) is 5.75 Å². The average Bonchev–Trinajstić information content (AvgIpc) is 2.80. The van der Waals surface area contributed by atoms with Gasteiger partial charge in [0.2, 0.25) is 5.91 Å². The largest absolute Gasteiger partial charge is 0.497 e. The Labute approximate surface area is 187 Å². The van der Waals surface area contributed by atoms with Crippen molar-refractivity contribution in [3.63, 3.8) is 0 Å². The number of carbonyl (C=O) groups excluding carboxylic acids is 2. The van der Waals surface area contributed by atoms with Crippen LogP contribution >= 0.6 is 0 Å². The van der Waals surface area contributed by atoms with Crippen molar-refractivity contribution < 1.29 is 19.1 Å². The van der Waals surface area contributed by atoms with E-state index in [2.05, 4.69) is 16.0 Å². The summed E-state index contributed by atoms with van der Waals surface area (Å²) >= 11 is 0. The van der Waals surface area contributed by atoms with Crippen molar-refractivity contribution in [1.82, 2.24) is 9.88 Å². The van der Waals surface area contributed by atoms with E-state index in [-0.39, 0.29) is 18.1 Å². The maximum atomic E-state index is 12.1. The molecule has 5 rings (SSSR count). The molecule has 0 radical (unpaired) electrons. The molecule has 2 aromatic rings. The summed E-state index contributed by atoms with van der Waals surface area (Å²) in [5, 5.41) is 0.939. The van der Waals surface area contributed by atoms with E-state index in [0.29, 0.717) is 11.8 Å². The molecule has 3 aliphatic rings. The van der Waals surface area contributed by atoms with Crippen LogP contribution in [0.2, 0.25) is 0 Å². The molecule has 7 nitrogen and oxygen atoms in total. The van der Waals surface area contributed by atoms with Crippen molar-refractivity contribution in [2.45, 2.75) is 31.9 Å². The van der Waals surface area contributed by atoms with Crippen molar-refractivity contribution in [3.05, 3.63) is 60.3 Å². The maximum Gasteiger partial charge on any atom is 0.303 e. The van der Waals surface area contributed by atoms with Crippen LogP contribution < -0.4 is 10.5 Å². The number of primary amides is 1. The predicted octanol–water partition coefficient (Wildman–Crippen LogP) is 3.16. The van der Waals surface area contributed by atoms with E-state index in [4.69, 9.17) is 15.2 Å². The summed E-state index contributed by atoms with van der Waals surface area (Å²) in [5.41, 5.74) is 6.96. The van der Waals surface area contributed by atoms with Crippen molar-refractivity contribution in [1.29, 1.82) is 0 Å². The Kier molecular flexibility index (Phi) is 6.55. The molecule has 32 heavy (non-hydrogen) atoms. The Balaban J connectivity index is 1.63. The first-order chi connectivity index (χ1) is 15.5. The van der Waals surface area contributed by atoms with Crippen LogP contribution in [0.4, 0.5) is 0 Å². The predicted molar refractivity (Wildman–Crippen MR) is 122 cm³/mol. The number of allylic oxidation sites excluding steroid dienone is 2. The van der Waals surface area contributed by atoms with Crippen LogP contribution in [-0.2, 0) is 14.3 Å². The van der Waals surface area contributed by atoms with E-state index in [0.717, 1.165) is 48.1 Å². The molecule has 4 heterocycles. The van der Waals surface area contributed by atoms with Crippen LogP contribution in [0.3, 0.4) is 0 Å². The summed E-state index contributed by atoms with van der Waals surface area (Å²) in [4.78, 5) is 29.9. The van der Waals surface area contributed by atoms with Gasteiger partial charge in [-0.05, 0) is 55.5 Å². The second-order valence-electron chi connectivity index (χ2n) is 8.47. The van der Waals surface area contributed by atoms with E-state index in [1.807, 2.05) is 30.3 Å². The van der Waals surface area contributed by atoms with Crippen molar-refractivity contribution in [2.75, 3.05) is 20.2 Å². The average molecular weight is 436 g/mol. The minimum absolute atomic E-state index is 0.0975. The number of pyridine rings is 1. The van der Waals surface area contributed by atoms with Crippen LogP contribution in [-0.4, -0.2) is 48.0 Å². The molecule has 1 amide bonds. The summed E-state index contributed by atoms with van der Waals surface area (Å²) in [7, 11) is 1.64. The molecule has 1 aromatic carbocycles. The summed E-state index contributed by atoms with van der Waals surface area (Å²) in [6.07, 6.45) is 10.5. The number of nitrogens with two attached hydrogens (primary N) is 1. The summed E-state index contributed by atoms with van der Waals surface area (Å²) < 4.78 is 11.4. The van der Waals surface area contributed by atoms with Gasteiger partial charge in [0.1, 0.15) is 11.9 Å². The topological polar surface area (TPSA) is 94.8 Å². The lowest BCUT2D eigenvalue weighted by atomic mass is 9.73. The molecule has 2 N–H and O–H groups in total. The lowest BCUT2D eigenvalue weighted by Crippen LogP contribution is -2.55. The Morgan fingerprint density at radius 1 is 1.28 bits per heavy atom. The molecule has 0 saturated carbocycles. The number of methoxy groups -OCH3 is 1. The molecule has 3 saturated heterocycles. The van der Waals surface area contributed by atoms with Crippen LogP contribution in [0.5, 0.6) is 5.75 Å². The molecule has 7 heteroatoms. The molecular formula is C25H29N3O4. The standard InChI is InChI=1S/C25H29N3O4/c1-16(29)32-25(20-9-11-27-22-8-7-19(31-2)14-21(20)22)23-13-17-10-12-28(23)15-18(17)5-3-4-6-24(26)30/h3-9,11,14,17-18,23,25H,10,12-13,15H2,1-2H3,(H2,26,30)/b5-3-,6-4+/t17?,18?,23?,25-/m0/s1. The van der Waals surface area contributed by atoms with Gasteiger partial charge in [0, 0.05) is 36.7 Å². The normalized spacial score (nSPS) is 25.9. The lowest BCUT2D eigenvalue weighted by molar-refractivity contribution is -0.154. The number of carbonyl (C=O) groups is 2. The number of aromatic nitrogens is 1. The van der Waals surface area contributed by atoms with E-state index in [9.17, 15) is 9.59 Å². The Morgan fingerprint density at radius 2 is 2.12 bits per heavy atom. The third-order valence-corrected chi connectivity index (χ3v) is 6.51. The Hall–Kier alpha value is -3.19. The molecule has 3 fully saturated rings. The van der Waals surface area contributed by atoms with Crippen LogP contribution in [0, 0.1) is 11.8 Å². The molecule has 0 aliphatic carbocycles. The van der Waals surface area contributed by atoms with Crippen molar-refractivity contribution >= 4 is 22.8 Å². The summed E-state index contributed by atoms with van der Waals surface area (Å²) in [5.74, 6) is 0.884. The monoisotopic (exact) mass is 435 g/mol. The zero-order valence-corrected chi connectivity index (χ0v) is 18.4. The first-order valence-electron chi connectivity index (χ1n) is 10.9. The molecule has 1 aromatic heterocycles. The van der Waals surface area contributed by atoms with Crippen molar-refractivity contribution in [2.24, 2.45) is 17.6 Å².